The second kappa shape index (κ2) is 11.2. The van der Waals surface area contributed by atoms with Crippen molar-refractivity contribution < 1.29 is 14.4 Å². The first-order valence-corrected chi connectivity index (χ1v) is 14.2. The van der Waals surface area contributed by atoms with Crippen LogP contribution in [0.5, 0.6) is 0 Å². The van der Waals surface area contributed by atoms with Crippen LogP contribution in [-0.4, -0.2) is 60.3 Å². The molecule has 2 saturated heterocycles. The molecule has 0 radical (unpaired) electrons. The lowest BCUT2D eigenvalue weighted by Gasteiger charge is -2.29. The van der Waals surface area contributed by atoms with E-state index in [1.165, 1.54) is 32.1 Å². The molecule has 0 unspecified atom stereocenters. The highest BCUT2D eigenvalue weighted by Gasteiger charge is 2.37. The average Bonchev–Trinajstić information content (AvgIpc) is 3.28. The number of carbonyl (C=O) groups is 3. The van der Waals surface area contributed by atoms with Crippen molar-refractivity contribution in [3.63, 3.8) is 0 Å². The van der Waals surface area contributed by atoms with E-state index in [1.54, 1.807) is 4.90 Å². The van der Waals surface area contributed by atoms with Gasteiger partial charge in [-0.15, -0.1) is 0 Å². The molecular formula is C29H41N5O3. The number of fused-ring (bicyclic) bond motifs is 5. The molecule has 0 aromatic heterocycles. The van der Waals surface area contributed by atoms with Crippen LogP contribution in [0.1, 0.15) is 77.2 Å². The maximum Gasteiger partial charge on any atom is 0.317 e. The highest BCUT2D eigenvalue weighted by atomic mass is 16.2. The molecule has 37 heavy (non-hydrogen) atoms. The van der Waals surface area contributed by atoms with Gasteiger partial charge in [-0.2, -0.15) is 0 Å². The van der Waals surface area contributed by atoms with E-state index in [1.807, 2.05) is 43.0 Å². The standard InChI is InChI=1S/C29H41N5O3/c1-19(2)26-23-10-6-7-11-24(23)34(18-25(35)33-16-20-12-13-21(17-33)15-14-20)28(36)27(31-26)32-29(37)30-22-8-4-3-5-9-22/h6-7,10-11,19-22,27H,3-5,8-9,12-18H2,1-2H3,(H2,30,32,37)/t20?,21?,27-/m0/s1. The van der Waals surface area contributed by atoms with Gasteiger partial charge in [0.05, 0.1) is 5.69 Å². The Balaban J connectivity index is 1.39. The van der Waals surface area contributed by atoms with Crippen LogP contribution in [0.4, 0.5) is 10.5 Å². The number of anilines is 1. The van der Waals surface area contributed by atoms with Crippen LogP contribution in [0.15, 0.2) is 29.3 Å². The van der Waals surface area contributed by atoms with Crippen molar-refractivity contribution in [3.05, 3.63) is 29.8 Å². The minimum atomic E-state index is -1.08. The zero-order chi connectivity index (χ0) is 25.9. The quantitative estimate of drug-likeness (QED) is 0.629. The Morgan fingerprint density at radius 3 is 2.24 bits per heavy atom. The summed E-state index contributed by atoms with van der Waals surface area (Å²) in [7, 11) is 0. The number of nitrogens with one attached hydrogen (secondary N) is 2. The van der Waals surface area contributed by atoms with E-state index in [0.29, 0.717) is 17.5 Å². The van der Waals surface area contributed by atoms with E-state index in [0.717, 1.165) is 50.0 Å². The third kappa shape index (κ3) is 5.83. The molecule has 5 aliphatic rings. The number of nitrogens with zero attached hydrogens (tertiary/aromatic N) is 3. The van der Waals surface area contributed by atoms with Crippen molar-refractivity contribution in [1.82, 2.24) is 15.5 Å². The van der Waals surface area contributed by atoms with E-state index in [9.17, 15) is 14.4 Å². The van der Waals surface area contributed by atoms with Gasteiger partial charge in [0.25, 0.3) is 5.91 Å². The number of urea groups is 1. The van der Waals surface area contributed by atoms with Gasteiger partial charge < -0.3 is 15.5 Å². The van der Waals surface area contributed by atoms with E-state index in [4.69, 9.17) is 4.99 Å². The molecule has 0 spiro atoms. The highest BCUT2D eigenvalue weighted by molar-refractivity contribution is 6.15. The first kappa shape index (κ1) is 25.7. The van der Waals surface area contributed by atoms with E-state index < -0.39 is 6.17 Å². The molecule has 4 amide bonds. The third-order valence-corrected chi connectivity index (χ3v) is 8.56. The molecule has 2 aliphatic carbocycles. The summed E-state index contributed by atoms with van der Waals surface area (Å²) in [4.78, 5) is 48.8. The summed E-state index contributed by atoms with van der Waals surface area (Å²) in [6, 6.07) is 7.40. The summed E-state index contributed by atoms with van der Waals surface area (Å²) in [5, 5.41) is 5.88. The number of benzodiazepines with no additional fused rings is 1. The fourth-order valence-electron chi connectivity index (χ4n) is 6.50. The largest absolute Gasteiger partial charge is 0.341 e. The average molecular weight is 508 g/mol. The van der Waals surface area contributed by atoms with E-state index in [-0.39, 0.29) is 36.3 Å². The number of amides is 4. The zero-order valence-electron chi connectivity index (χ0n) is 22.2. The predicted octanol–water partition coefficient (Wildman–Crippen LogP) is 4.08. The molecule has 2 N–H and O–H groups in total. The van der Waals surface area contributed by atoms with Crippen LogP contribution in [0.3, 0.4) is 0 Å². The SMILES string of the molecule is CC(C)C1=N[C@@H](NC(=O)NC2CCCCC2)C(=O)N(CC(=O)N2CC3CCC(CC3)C2)c2ccccc21. The molecule has 8 nitrogen and oxygen atoms in total. The van der Waals surface area contributed by atoms with Crippen LogP contribution in [0.25, 0.3) is 0 Å². The Morgan fingerprint density at radius 1 is 0.946 bits per heavy atom. The van der Waals surface area contributed by atoms with Crippen LogP contribution in [-0.2, 0) is 9.59 Å². The molecule has 200 valence electrons. The number of para-hydroxylation sites is 1. The Kier molecular flexibility index (Phi) is 7.81. The highest BCUT2D eigenvalue weighted by Crippen LogP contribution is 2.34. The monoisotopic (exact) mass is 507 g/mol. The molecule has 8 heteroatoms. The molecule has 1 aromatic rings. The lowest BCUT2D eigenvalue weighted by atomic mass is 9.84. The molecule has 2 saturated carbocycles. The second-order valence-electron chi connectivity index (χ2n) is 11.7. The molecule has 1 aromatic carbocycles. The minimum absolute atomic E-state index is 0.0274. The first-order valence-electron chi connectivity index (χ1n) is 14.2. The summed E-state index contributed by atoms with van der Waals surface area (Å²) in [5.74, 6) is 0.761. The number of carbonyl (C=O) groups excluding carboxylic acids is 3. The van der Waals surface area contributed by atoms with Gasteiger partial charge in [0.1, 0.15) is 6.54 Å². The number of rotatable bonds is 5. The first-order chi connectivity index (χ1) is 17.9. The molecule has 2 bridgehead atoms. The maximum absolute atomic E-state index is 13.9. The lowest BCUT2D eigenvalue weighted by molar-refractivity contribution is -0.132. The number of benzene rings is 1. The second-order valence-corrected chi connectivity index (χ2v) is 11.7. The number of hydrogen-bond donors (Lipinski definition) is 2. The Labute approximate surface area is 220 Å². The molecule has 3 aliphatic heterocycles. The fraction of sp³-hybridized carbons (Fsp3) is 0.655. The predicted molar refractivity (Wildman–Crippen MR) is 145 cm³/mol. The zero-order valence-corrected chi connectivity index (χ0v) is 22.2. The Morgan fingerprint density at radius 2 is 1.59 bits per heavy atom. The molecule has 6 rings (SSSR count). The third-order valence-electron chi connectivity index (χ3n) is 8.56. The van der Waals surface area contributed by atoms with Gasteiger partial charge >= 0.3 is 6.03 Å². The molecule has 4 fully saturated rings. The topological polar surface area (TPSA) is 94.1 Å². The van der Waals surface area contributed by atoms with E-state index in [2.05, 4.69) is 10.6 Å². The van der Waals surface area contributed by atoms with Crippen molar-refractivity contribution in [3.8, 4) is 0 Å². The summed E-state index contributed by atoms with van der Waals surface area (Å²) >= 11 is 0. The van der Waals surface area contributed by atoms with Crippen molar-refractivity contribution >= 4 is 29.2 Å². The van der Waals surface area contributed by atoms with Gasteiger partial charge in [-0.05, 0) is 62.3 Å². The van der Waals surface area contributed by atoms with Gasteiger partial charge in [-0.3, -0.25) is 19.5 Å². The van der Waals surface area contributed by atoms with Gasteiger partial charge in [-0.25, -0.2) is 4.79 Å². The smallest absolute Gasteiger partial charge is 0.317 e. The van der Waals surface area contributed by atoms with E-state index >= 15 is 0 Å². The summed E-state index contributed by atoms with van der Waals surface area (Å²) in [6.07, 6.45) is 8.98. The number of hydrogen-bond acceptors (Lipinski definition) is 4. The summed E-state index contributed by atoms with van der Waals surface area (Å²) in [6.45, 7) is 5.58. The fourth-order valence-corrected chi connectivity index (χ4v) is 6.50. The summed E-state index contributed by atoms with van der Waals surface area (Å²) < 4.78 is 0. The van der Waals surface area contributed by atoms with Crippen molar-refractivity contribution in [2.24, 2.45) is 22.7 Å². The summed E-state index contributed by atoms with van der Waals surface area (Å²) in [5.41, 5.74) is 2.28. The number of aliphatic imine (C=N–C) groups is 1. The van der Waals surface area contributed by atoms with Gasteiger partial charge in [-0.1, -0.05) is 51.3 Å². The maximum atomic E-state index is 13.9. The van der Waals surface area contributed by atoms with Crippen LogP contribution in [0, 0.1) is 17.8 Å². The van der Waals surface area contributed by atoms with Gasteiger partial charge in [0.15, 0.2) is 0 Å². The van der Waals surface area contributed by atoms with Crippen molar-refractivity contribution in [2.45, 2.75) is 83.8 Å². The van der Waals surface area contributed by atoms with Crippen molar-refractivity contribution in [2.75, 3.05) is 24.5 Å². The van der Waals surface area contributed by atoms with Crippen LogP contribution in [0.2, 0.25) is 0 Å². The van der Waals surface area contributed by atoms with Crippen LogP contribution >= 0.6 is 0 Å². The molecule has 1 atom stereocenters. The molecule has 3 heterocycles. The van der Waals surface area contributed by atoms with Crippen LogP contribution < -0.4 is 15.5 Å². The van der Waals surface area contributed by atoms with Gasteiger partial charge in [0.2, 0.25) is 12.1 Å². The van der Waals surface area contributed by atoms with Gasteiger partial charge in [0, 0.05) is 30.4 Å². The normalized spacial score (nSPS) is 26.3. The Hall–Kier alpha value is -2.90. The Bertz CT molecular complexity index is 1030. The molecular weight excluding hydrogens is 466 g/mol. The van der Waals surface area contributed by atoms with Crippen molar-refractivity contribution in [1.29, 1.82) is 0 Å². The minimum Gasteiger partial charge on any atom is -0.341 e. The lowest BCUT2D eigenvalue weighted by Crippen LogP contribution is -2.54.